The van der Waals surface area contributed by atoms with E-state index in [0.717, 1.165) is 20.7 Å². The first-order chi connectivity index (χ1) is 16.5. The smallest absolute Gasteiger partial charge is 0.426 e. The third-order valence-electron chi connectivity index (χ3n) is 5.88. The summed E-state index contributed by atoms with van der Waals surface area (Å²) in [4.78, 5) is 26.5. The van der Waals surface area contributed by atoms with E-state index < -0.39 is 29.2 Å². The second-order valence-corrected chi connectivity index (χ2v) is 8.84. The van der Waals surface area contributed by atoms with E-state index in [4.69, 9.17) is 13.9 Å². The van der Waals surface area contributed by atoms with Gasteiger partial charge in [-0.15, -0.1) is 0 Å². The van der Waals surface area contributed by atoms with E-state index in [1.165, 1.54) is 18.2 Å². The molecule has 0 fully saturated rings. The Balaban J connectivity index is 1.53. The van der Waals surface area contributed by atoms with Gasteiger partial charge in [-0.2, -0.15) is 0 Å². The molecule has 1 aromatic heterocycles. The monoisotopic (exact) mass is 519 g/mol. The number of nitrogens with zero attached hydrogens (tertiary/aromatic N) is 1. The minimum atomic E-state index is -0.892. The van der Waals surface area contributed by atoms with E-state index in [2.05, 4.69) is 15.9 Å². The number of halogens is 2. The Labute approximate surface area is 200 Å². The van der Waals surface area contributed by atoms with Gasteiger partial charge in [0.15, 0.2) is 0 Å². The molecule has 0 radical (unpaired) electrons. The predicted molar refractivity (Wildman–Crippen MR) is 125 cm³/mol. The summed E-state index contributed by atoms with van der Waals surface area (Å²) < 4.78 is 33.3. The molecule has 1 aliphatic carbocycles. The van der Waals surface area contributed by atoms with Crippen LogP contribution in [-0.4, -0.2) is 4.57 Å². The molecule has 2 heterocycles. The van der Waals surface area contributed by atoms with Crippen LogP contribution < -0.4 is 16.1 Å². The van der Waals surface area contributed by atoms with Crippen molar-refractivity contribution in [1.82, 2.24) is 4.57 Å². The molecule has 2 atom stereocenters. The number of rotatable bonds is 3. The third-order valence-corrected chi connectivity index (χ3v) is 6.41. The summed E-state index contributed by atoms with van der Waals surface area (Å²) in [6, 6.07) is 19.8. The summed E-state index contributed by atoms with van der Waals surface area (Å²) in [6.07, 6.45) is 1.16. The second-order valence-electron chi connectivity index (χ2n) is 7.92. The van der Waals surface area contributed by atoms with Gasteiger partial charge in [-0.25, -0.2) is 13.8 Å². The lowest BCUT2D eigenvalue weighted by atomic mass is 9.81. The number of fused-ring (bicyclic) bond motifs is 6. The van der Waals surface area contributed by atoms with E-state index in [-0.39, 0.29) is 23.0 Å². The van der Waals surface area contributed by atoms with Crippen LogP contribution in [0.5, 0.6) is 5.75 Å². The van der Waals surface area contributed by atoms with Crippen LogP contribution in [-0.2, 0) is 4.74 Å². The highest BCUT2D eigenvalue weighted by atomic mass is 79.9. The fourth-order valence-electron chi connectivity index (χ4n) is 4.41. The maximum Gasteiger partial charge on any atom is 0.426 e. The molecule has 0 saturated heterocycles. The van der Waals surface area contributed by atoms with Gasteiger partial charge in [0.2, 0.25) is 0 Å². The molecular formula is C26H15BrFNO5. The number of hydrogen-bond acceptors (Lipinski definition) is 5. The topological polar surface area (TPSA) is 70.7 Å². The Morgan fingerprint density at radius 3 is 2.56 bits per heavy atom. The fourth-order valence-corrected chi connectivity index (χ4v) is 4.68. The van der Waals surface area contributed by atoms with Gasteiger partial charge in [-0.05, 0) is 42.5 Å². The first-order valence-corrected chi connectivity index (χ1v) is 11.3. The van der Waals surface area contributed by atoms with Crippen molar-refractivity contribution >= 4 is 15.9 Å². The minimum Gasteiger partial charge on any atom is -0.456 e. The quantitative estimate of drug-likeness (QED) is 0.360. The van der Waals surface area contributed by atoms with E-state index in [1.54, 1.807) is 30.3 Å². The molecule has 0 saturated carbocycles. The van der Waals surface area contributed by atoms with Crippen LogP contribution in [0, 0.1) is 5.82 Å². The zero-order valence-electron chi connectivity index (χ0n) is 17.4. The summed E-state index contributed by atoms with van der Waals surface area (Å²) in [5.41, 5.74) is 1.12. The van der Waals surface area contributed by atoms with Gasteiger partial charge >= 0.3 is 5.76 Å². The highest BCUT2D eigenvalue weighted by molar-refractivity contribution is 9.10. The van der Waals surface area contributed by atoms with Gasteiger partial charge in [-0.1, -0.05) is 46.3 Å². The van der Waals surface area contributed by atoms with Crippen molar-refractivity contribution in [2.45, 2.75) is 12.0 Å². The van der Waals surface area contributed by atoms with Crippen molar-refractivity contribution in [2.75, 3.05) is 0 Å². The number of aromatic nitrogens is 1. The van der Waals surface area contributed by atoms with Crippen LogP contribution >= 0.6 is 15.9 Å². The lowest BCUT2D eigenvalue weighted by Gasteiger charge is -2.27. The molecule has 2 aliphatic rings. The highest BCUT2D eigenvalue weighted by Crippen LogP contribution is 2.50. The Morgan fingerprint density at radius 2 is 1.76 bits per heavy atom. The molecule has 168 valence electrons. The Kier molecular flexibility index (Phi) is 4.77. The van der Waals surface area contributed by atoms with Crippen molar-refractivity contribution in [2.24, 2.45) is 0 Å². The molecule has 34 heavy (non-hydrogen) atoms. The number of benzene rings is 3. The van der Waals surface area contributed by atoms with Gasteiger partial charge in [0.25, 0.3) is 11.5 Å². The maximum absolute atomic E-state index is 13.9. The lowest BCUT2D eigenvalue weighted by Crippen LogP contribution is -2.36. The summed E-state index contributed by atoms with van der Waals surface area (Å²) >= 11 is 3.39. The molecule has 0 N–H and O–H groups in total. The molecule has 6 nitrogen and oxygen atoms in total. The molecular weight excluding hydrogens is 505 g/mol. The number of ether oxygens (including phenoxy) is 2. The number of hydrogen-bond donors (Lipinski definition) is 0. The van der Waals surface area contributed by atoms with E-state index >= 15 is 0 Å². The zero-order chi connectivity index (χ0) is 23.4. The van der Waals surface area contributed by atoms with Gasteiger partial charge in [-0.3, -0.25) is 4.79 Å². The van der Waals surface area contributed by atoms with Crippen LogP contribution in [0.4, 0.5) is 4.39 Å². The molecule has 2 unspecified atom stereocenters. The SMILES string of the molecule is O=c1oc2c(c(=O)n1-c1cccc(F)c1)C1C=C(Oc3ccc(Br)cc3)OC1c1ccccc1-2. The average molecular weight is 520 g/mol. The standard InChI is InChI=1S/C26H15BrFNO5/c27-14-8-10-17(11-9-14)32-21-13-20-22-24(19-7-2-1-6-18(19)23(20)33-21)34-26(31)29(25(22)30)16-5-3-4-15(28)12-16/h1-13,20,23H. The highest BCUT2D eigenvalue weighted by Gasteiger charge is 2.43. The largest absolute Gasteiger partial charge is 0.456 e. The first kappa shape index (κ1) is 20.7. The summed E-state index contributed by atoms with van der Waals surface area (Å²) in [7, 11) is 0. The van der Waals surface area contributed by atoms with Gasteiger partial charge < -0.3 is 13.9 Å². The minimum absolute atomic E-state index is 0.0891. The van der Waals surface area contributed by atoms with E-state index in [9.17, 15) is 14.0 Å². The van der Waals surface area contributed by atoms with Crippen LogP contribution in [0.2, 0.25) is 0 Å². The molecule has 1 aliphatic heterocycles. The predicted octanol–water partition coefficient (Wildman–Crippen LogP) is 5.45. The first-order valence-electron chi connectivity index (χ1n) is 10.5. The Hall–Kier alpha value is -3.91. The Bertz CT molecular complexity index is 1590. The summed E-state index contributed by atoms with van der Waals surface area (Å²) in [6.45, 7) is 0. The maximum atomic E-state index is 13.9. The molecule has 3 aromatic carbocycles. The summed E-state index contributed by atoms with van der Waals surface area (Å²) in [5, 5.41) is 0. The molecule has 4 aromatic rings. The van der Waals surface area contributed by atoms with Crippen molar-refractivity contribution in [3.63, 3.8) is 0 Å². The second kappa shape index (κ2) is 7.85. The van der Waals surface area contributed by atoms with Crippen molar-refractivity contribution in [1.29, 1.82) is 0 Å². The van der Waals surface area contributed by atoms with Crippen molar-refractivity contribution < 1.29 is 18.3 Å². The van der Waals surface area contributed by atoms with E-state index in [0.29, 0.717) is 11.3 Å². The lowest BCUT2D eigenvalue weighted by molar-refractivity contribution is 0.0599. The molecule has 8 heteroatoms. The molecule has 6 rings (SSSR count). The third kappa shape index (κ3) is 3.30. The van der Waals surface area contributed by atoms with Gasteiger partial charge in [0.1, 0.15) is 23.4 Å². The van der Waals surface area contributed by atoms with Crippen molar-refractivity contribution in [3.8, 4) is 22.8 Å². The van der Waals surface area contributed by atoms with Crippen LogP contribution in [0.1, 0.15) is 23.1 Å². The Morgan fingerprint density at radius 1 is 0.971 bits per heavy atom. The van der Waals surface area contributed by atoms with Gasteiger partial charge in [0, 0.05) is 21.7 Å². The average Bonchev–Trinajstić information content (AvgIpc) is 3.24. The molecule has 0 amide bonds. The normalized spacial score (nSPS) is 17.8. The zero-order valence-corrected chi connectivity index (χ0v) is 19.0. The van der Waals surface area contributed by atoms with Crippen LogP contribution in [0.15, 0.2) is 103 Å². The summed E-state index contributed by atoms with van der Waals surface area (Å²) in [5.74, 6) is -1.03. The molecule has 0 bridgehead atoms. The van der Waals surface area contributed by atoms with E-state index in [1.807, 2.05) is 24.3 Å². The molecule has 0 spiro atoms. The van der Waals surface area contributed by atoms with Crippen LogP contribution in [0.25, 0.3) is 17.0 Å². The fraction of sp³-hybridized carbons (Fsp3) is 0.0769. The van der Waals surface area contributed by atoms with Crippen LogP contribution in [0.3, 0.4) is 0 Å². The van der Waals surface area contributed by atoms with Crippen molar-refractivity contribution in [3.05, 3.63) is 127 Å². The van der Waals surface area contributed by atoms with Gasteiger partial charge in [0.05, 0.1) is 17.2 Å².